The third-order valence-electron chi connectivity index (χ3n) is 5.66. The standard InChI is InChI=1S/C14H19NS/c1-3-7(6-16)9(4-2)15-13-8-5-14(8)11-10(13)12(11)14/h3,8,10-13,15-16H,1,4-6H2,2H3/b9-7+. The third-order valence-corrected chi connectivity index (χ3v) is 6.00. The summed E-state index contributed by atoms with van der Waals surface area (Å²) in [6.07, 6.45) is 4.58. The van der Waals surface area contributed by atoms with E-state index in [1.54, 1.807) is 0 Å². The summed E-state index contributed by atoms with van der Waals surface area (Å²) in [6, 6.07) is 0.805. The van der Waals surface area contributed by atoms with Gasteiger partial charge in [0, 0.05) is 17.5 Å². The highest BCUT2D eigenvalue weighted by Gasteiger charge is 3.00. The van der Waals surface area contributed by atoms with Gasteiger partial charge in [-0.3, -0.25) is 0 Å². The van der Waals surface area contributed by atoms with E-state index >= 15 is 0 Å². The second-order valence-corrected chi connectivity index (χ2v) is 6.26. The lowest BCUT2D eigenvalue weighted by Gasteiger charge is -2.21. The summed E-state index contributed by atoms with van der Waals surface area (Å²) in [4.78, 5) is 0. The average Bonchev–Trinajstić information content (AvgIpc) is 3.19. The topological polar surface area (TPSA) is 12.0 Å². The Morgan fingerprint density at radius 2 is 2.31 bits per heavy atom. The molecule has 0 amide bonds. The third kappa shape index (κ3) is 0.848. The Kier molecular flexibility index (Phi) is 1.64. The average molecular weight is 233 g/mol. The fraction of sp³-hybridized carbons (Fsp3) is 0.714. The molecule has 0 saturated heterocycles. The van der Waals surface area contributed by atoms with E-state index < -0.39 is 0 Å². The van der Waals surface area contributed by atoms with Crippen molar-refractivity contribution in [2.45, 2.75) is 25.8 Å². The number of thiol groups is 1. The van der Waals surface area contributed by atoms with Gasteiger partial charge >= 0.3 is 0 Å². The summed E-state index contributed by atoms with van der Waals surface area (Å²) in [5.74, 6) is 5.18. The predicted molar refractivity (Wildman–Crippen MR) is 69.3 cm³/mol. The molecule has 5 saturated carbocycles. The second-order valence-electron chi connectivity index (χ2n) is 5.94. The molecule has 5 rings (SSSR count). The molecule has 0 radical (unpaired) electrons. The fourth-order valence-corrected chi connectivity index (χ4v) is 5.14. The van der Waals surface area contributed by atoms with E-state index in [0.29, 0.717) is 0 Å². The van der Waals surface area contributed by atoms with E-state index in [4.69, 9.17) is 0 Å². The van der Waals surface area contributed by atoms with Crippen molar-refractivity contribution in [2.75, 3.05) is 5.75 Å². The number of rotatable bonds is 5. The van der Waals surface area contributed by atoms with Crippen molar-refractivity contribution in [2.24, 2.45) is 29.1 Å². The lowest BCUT2D eigenvalue weighted by molar-refractivity contribution is 0.444. The van der Waals surface area contributed by atoms with Crippen LogP contribution in [0, 0.1) is 29.1 Å². The van der Waals surface area contributed by atoms with E-state index in [0.717, 1.165) is 47.3 Å². The molecule has 5 fully saturated rings. The number of allylic oxidation sites excluding steroid dienone is 2. The first-order valence-corrected chi connectivity index (χ1v) is 7.14. The van der Waals surface area contributed by atoms with E-state index in [9.17, 15) is 0 Å². The van der Waals surface area contributed by atoms with Crippen LogP contribution < -0.4 is 5.32 Å². The quantitative estimate of drug-likeness (QED) is 0.549. The van der Waals surface area contributed by atoms with Gasteiger partial charge in [0.05, 0.1) is 0 Å². The van der Waals surface area contributed by atoms with Crippen molar-refractivity contribution in [1.82, 2.24) is 5.32 Å². The monoisotopic (exact) mass is 233 g/mol. The summed E-state index contributed by atoms with van der Waals surface area (Å²) in [7, 11) is 0. The molecule has 2 heteroatoms. The molecule has 1 N–H and O–H groups in total. The van der Waals surface area contributed by atoms with Crippen LogP contribution in [-0.4, -0.2) is 11.8 Å². The molecule has 16 heavy (non-hydrogen) atoms. The Hall–Kier alpha value is -0.370. The van der Waals surface area contributed by atoms with Crippen molar-refractivity contribution < 1.29 is 0 Å². The molecule has 0 heterocycles. The van der Waals surface area contributed by atoms with Crippen LogP contribution in [0.4, 0.5) is 0 Å². The highest BCUT2D eigenvalue weighted by atomic mass is 32.1. The summed E-state index contributed by atoms with van der Waals surface area (Å²) in [5.41, 5.74) is 3.58. The van der Waals surface area contributed by atoms with Crippen molar-refractivity contribution in [1.29, 1.82) is 0 Å². The summed E-state index contributed by atoms with van der Waals surface area (Å²) < 4.78 is 0. The Labute approximate surface area is 103 Å². The number of nitrogens with one attached hydrogen (secondary N) is 1. The van der Waals surface area contributed by atoms with Crippen LogP contribution in [0.1, 0.15) is 19.8 Å². The van der Waals surface area contributed by atoms with Gasteiger partial charge in [-0.15, -0.1) is 0 Å². The van der Waals surface area contributed by atoms with Crippen molar-refractivity contribution in [3.8, 4) is 0 Å². The molecule has 5 aliphatic rings. The zero-order chi connectivity index (χ0) is 11.1. The fourth-order valence-electron chi connectivity index (χ4n) is 4.82. The Morgan fingerprint density at radius 3 is 2.69 bits per heavy atom. The first-order valence-electron chi connectivity index (χ1n) is 6.51. The highest BCUT2D eigenvalue weighted by molar-refractivity contribution is 7.80. The molecule has 0 aromatic carbocycles. The molecule has 0 aromatic rings. The molecular weight excluding hydrogens is 214 g/mol. The summed E-state index contributed by atoms with van der Waals surface area (Å²) in [5, 5.41) is 3.83. The van der Waals surface area contributed by atoms with Crippen LogP contribution in [-0.2, 0) is 0 Å². The van der Waals surface area contributed by atoms with Gasteiger partial charge < -0.3 is 5.32 Å². The molecule has 1 spiro atoms. The zero-order valence-corrected chi connectivity index (χ0v) is 10.6. The normalized spacial score (nSPS) is 54.8. The van der Waals surface area contributed by atoms with E-state index in [-0.39, 0.29) is 0 Å². The smallest absolute Gasteiger partial charge is 0.0326 e. The van der Waals surface area contributed by atoms with Crippen LogP contribution in [0.5, 0.6) is 0 Å². The maximum atomic E-state index is 4.39. The minimum absolute atomic E-state index is 0.805. The lowest BCUT2D eigenvalue weighted by atomic mass is 10.0. The largest absolute Gasteiger partial charge is 0.385 e. The van der Waals surface area contributed by atoms with Crippen LogP contribution in [0.3, 0.4) is 0 Å². The second kappa shape index (κ2) is 2.72. The zero-order valence-electron chi connectivity index (χ0n) is 9.74. The molecule has 4 unspecified atom stereocenters. The molecule has 5 aliphatic carbocycles. The van der Waals surface area contributed by atoms with E-state index in [1.165, 1.54) is 17.7 Å². The predicted octanol–water partition coefficient (Wildman–Crippen LogP) is 2.62. The summed E-state index contributed by atoms with van der Waals surface area (Å²) in [6.45, 7) is 6.12. The van der Waals surface area contributed by atoms with Crippen LogP contribution in [0.25, 0.3) is 0 Å². The minimum atomic E-state index is 0.805. The highest BCUT2D eigenvalue weighted by Crippen LogP contribution is 3.01. The SMILES string of the molecule is C=C/C(CS)=C(/CC)NC1C2C3C2C32CC12. The molecule has 86 valence electrons. The van der Waals surface area contributed by atoms with E-state index in [2.05, 4.69) is 31.4 Å². The first kappa shape index (κ1) is 9.64. The Morgan fingerprint density at radius 1 is 1.56 bits per heavy atom. The first-order chi connectivity index (χ1) is 7.79. The maximum Gasteiger partial charge on any atom is 0.0326 e. The lowest BCUT2D eigenvalue weighted by Crippen LogP contribution is -2.32. The molecule has 4 atom stereocenters. The van der Waals surface area contributed by atoms with Crippen molar-refractivity contribution >= 4 is 12.6 Å². The molecule has 1 nitrogen and oxygen atoms in total. The molecule has 0 aromatic heterocycles. The van der Waals surface area contributed by atoms with Crippen LogP contribution in [0.2, 0.25) is 0 Å². The van der Waals surface area contributed by atoms with Gasteiger partial charge in [0.1, 0.15) is 0 Å². The van der Waals surface area contributed by atoms with Gasteiger partial charge in [-0.05, 0) is 47.5 Å². The van der Waals surface area contributed by atoms with Crippen molar-refractivity contribution in [3.63, 3.8) is 0 Å². The van der Waals surface area contributed by atoms with Gasteiger partial charge in [-0.25, -0.2) is 0 Å². The molecule has 0 aliphatic heterocycles. The molecule has 2 bridgehead atoms. The van der Waals surface area contributed by atoms with Gasteiger partial charge in [0.2, 0.25) is 0 Å². The van der Waals surface area contributed by atoms with Crippen LogP contribution >= 0.6 is 12.6 Å². The molecular formula is C14H19NS. The number of hydrogen-bond donors (Lipinski definition) is 2. The van der Waals surface area contributed by atoms with Gasteiger partial charge in [-0.2, -0.15) is 12.6 Å². The van der Waals surface area contributed by atoms with E-state index in [1.807, 2.05) is 6.08 Å². The van der Waals surface area contributed by atoms with Gasteiger partial charge in [0.15, 0.2) is 0 Å². The minimum Gasteiger partial charge on any atom is -0.385 e. The van der Waals surface area contributed by atoms with Gasteiger partial charge in [0.25, 0.3) is 0 Å². The number of hydrogen-bond acceptors (Lipinski definition) is 2. The maximum absolute atomic E-state index is 4.39. The Bertz CT molecular complexity index is 401. The summed E-state index contributed by atoms with van der Waals surface area (Å²) >= 11 is 4.39. The Balaban J connectivity index is 1.53. The van der Waals surface area contributed by atoms with Crippen LogP contribution in [0.15, 0.2) is 23.9 Å². The van der Waals surface area contributed by atoms with Gasteiger partial charge in [-0.1, -0.05) is 19.6 Å². The van der Waals surface area contributed by atoms with Crippen molar-refractivity contribution in [3.05, 3.63) is 23.9 Å².